The molecule has 1 aromatic carbocycles. The van der Waals surface area contributed by atoms with Crippen LogP contribution >= 0.6 is 0 Å². The number of carbonyl (C=O) groups excluding carboxylic acids is 1. The molecule has 1 aromatic rings. The van der Waals surface area contributed by atoms with Gasteiger partial charge in [-0.15, -0.1) is 6.58 Å². The van der Waals surface area contributed by atoms with Crippen molar-refractivity contribution in [2.24, 2.45) is 5.10 Å². The Morgan fingerprint density at radius 2 is 2.32 bits per heavy atom. The number of nitrogens with one attached hydrogen (secondary N) is 1. The number of phenolic OH excluding ortho intramolecular Hbond substituents is 1. The van der Waals surface area contributed by atoms with Gasteiger partial charge < -0.3 is 5.11 Å². The maximum Gasteiger partial charge on any atom is 0.311 e. The second-order valence-corrected chi connectivity index (χ2v) is 3.63. The molecule has 0 aliphatic heterocycles. The van der Waals surface area contributed by atoms with Crippen LogP contribution in [0.15, 0.2) is 36.0 Å². The summed E-state index contributed by atoms with van der Waals surface area (Å²) >= 11 is 0. The molecule has 0 heterocycles. The summed E-state index contributed by atoms with van der Waals surface area (Å²) < 4.78 is 0. The van der Waals surface area contributed by atoms with E-state index in [1.165, 1.54) is 6.21 Å². The molecule has 1 amide bonds. The lowest BCUT2D eigenvalue weighted by Crippen LogP contribution is -2.25. The number of hydrogen-bond acceptors (Lipinski definition) is 5. The van der Waals surface area contributed by atoms with Crippen molar-refractivity contribution in [1.82, 2.24) is 5.43 Å². The van der Waals surface area contributed by atoms with E-state index in [4.69, 9.17) is 0 Å². The van der Waals surface area contributed by atoms with Gasteiger partial charge in [-0.2, -0.15) is 5.10 Å². The molecule has 0 radical (unpaired) electrons. The third-order valence-corrected chi connectivity index (χ3v) is 2.18. The molecule has 100 valence electrons. The number of benzene rings is 1. The van der Waals surface area contributed by atoms with Crippen molar-refractivity contribution in [2.45, 2.75) is 6.42 Å². The second-order valence-electron chi connectivity index (χ2n) is 3.63. The van der Waals surface area contributed by atoms with Crippen molar-refractivity contribution in [1.29, 1.82) is 0 Å². The summed E-state index contributed by atoms with van der Waals surface area (Å²) in [5, 5.41) is 23.5. The highest BCUT2D eigenvalue weighted by molar-refractivity contribution is 5.85. The van der Waals surface area contributed by atoms with Crippen LogP contribution in [0.3, 0.4) is 0 Å². The molecule has 0 fully saturated rings. The lowest BCUT2D eigenvalue weighted by atomic mass is 10.1. The molecule has 0 aliphatic carbocycles. The molecule has 0 aliphatic rings. The summed E-state index contributed by atoms with van der Waals surface area (Å²) in [5.41, 5.74) is 3.08. The van der Waals surface area contributed by atoms with E-state index in [-0.39, 0.29) is 5.75 Å². The van der Waals surface area contributed by atoms with Crippen LogP contribution in [-0.2, 0) is 11.2 Å². The average Bonchev–Trinajstić information content (AvgIpc) is 2.33. The first-order chi connectivity index (χ1) is 9.04. The highest BCUT2D eigenvalue weighted by Gasteiger charge is 2.07. The van der Waals surface area contributed by atoms with Crippen LogP contribution in [0, 0.1) is 10.1 Å². The quantitative estimate of drug-likeness (QED) is 0.343. The van der Waals surface area contributed by atoms with Crippen molar-refractivity contribution in [3.8, 4) is 5.75 Å². The van der Waals surface area contributed by atoms with Gasteiger partial charge in [0, 0.05) is 10.5 Å². The Labute approximate surface area is 109 Å². The Morgan fingerprint density at radius 1 is 1.58 bits per heavy atom. The summed E-state index contributed by atoms with van der Waals surface area (Å²) in [7, 11) is 0. The van der Waals surface area contributed by atoms with Crippen LogP contribution in [0.25, 0.3) is 0 Å². The number of nitro groups is 1. The third-order valence-electron chi connectivity index (χ3n) is 2.18. The van der Waals surface area contributed by atoms with E-state index in [9.17, 15) is 20.0 Å². The molecule has 2 N–H and O–H groups in total. The predicted molar refractivity (Wildman–Crippen MR) is 69.6 cm³/mol. The summed E-state index contributed by atoms with van der Waals surface area (Å²) in [6, 6.07) is 5.06. The van der Waals surface area contributed by atoms with E-state index in [1.54, 1.807) is 24.3 Å². The van der Waals surface area contributed by atoms with E-state index in [0.717, 1.165) is 0 Å². The van der Waals surface area contributed by atoms with Crippen molar-refractivity contribution < 1.29 is 14.8 Å². The Bertz CT molecular complexity index is 526. The predicted octanol–water partition coefficient (Wildman–Crippen LogP) is 0.847. The first kappa shape index (κ1) is 14.4. The molecule has 0 bridgehead atoms. The Hall–Kier alpha value is -2.70. The number of phenols is 1. The topological polar surface area (TPSA) is 105 Å². The zero-order valence-electron chi connectivity index (χ0n) is 10.1. The van der Waals surface area contributed by atoms with Gasteiger partial charge in [0.25, 0.3) is 6.54 Å². The zero-order chi connectivity index (χ0) is 14.3. The van der Waals surface area contributed by atoms with E-state index in [0.29, 0.717) is 17.5 Å². The molecule has 1 rings (SSSR count). The second kappa shape index (κ2) is 6.90. The lowest BCUT2D eigenvalue weighted by Gasteiger charge is -2.04. The summed E-state index contributed by atoms with van der Waals surface area (Å²) in [6.07, 6.45) is 3.37. The molecule has 7 heteroatoms. The van der Waals surface area contributed by atoms with Crippen LogP contribution in [-0.4, -0.2) is 28.7 Å². The van der Waals surface area contributed by atoms with Gasteiger partial charge in [-0.25, -0.2) is 5.43 Å². The van der Waals surface area contributed by atoms with Gasteiger partial charge in [0.1, 0.15) is 5.75 Å². The highest BCUT2D eigenvalue weighted by atomic mass is 16.6. The molecule has 0 spiro atoms. The van der Waals surface area contributed by atoms with Gasteiger partial charge in [0.05, 0.1) is 6.21 Å². The minimum Gasteiger partial charge on any atom is -0.507 e. The molecule has 0 saturated heterocycles. The minimum atomic E-state index is -0.847. The van der Waals surface area contributed by atoms with Crippen LogP contribution in [0.2, 0.25) is 0 Å². The van der Waals surface area contributed by atoms with Gasteiger partial charge in [0.15, 0.2) is 0 Å². The van der Waals surface area contributed by atoms with Gasteiger partial charge in [-0.1, -0.05) is 18.2 Å². The minimum absolute atomic E-state index is 0.0367. The maximum absolute atomic E-state index is 11.0. The van der Waals surface area contributed by atoms with Crippen LogP contribution in [0.1, 0.15) is 11.1 Å². The smallest absolute Gasteiger partial charge is 0.311 e. The van der Waals surface area contributed by atoms with Crippen LogP contribution in [0.5, 0.6) is 5.75 Å². The molecule has 7 nitrogen and oxygen atoms in total. The van der Waals surface area contributed by atoms with Gasteiger partial charge >= 0.3 is 5.91 Å². The summed E-state index contributed by atoms with van der Waals surface area (Å²) in [4.78, 5) is 20.3. The maximum atomic E-state index is 11.0. The molecule has 0 atom stereocenters. The SMILES string of the molecule is C=CCc1cccc(C=NNC(=O)C[N+](=O)[O-])c1O. The number of amides is 1. The molecule has 19 heavy (non-hydrogen) atoms. The van der Waals surface area contributed by atoms with E-state index in [1.807, 2.05) is 5.43 Å². The number of allylic oxidation sites excluding steroid dienone is 1. The van der Waals surface area contributed by atoms with E-state index >= 15 is 0 Å². The zero-order valence-corrected chi connectivity index (χ0v) is 10.1. The first-order valence-electron chi connectivity index (χ1n) is 5.40. The highest BCUT2D eigenvalue weighted by Crippen LogP contribution is 2.21. The van der Waals surface area contributed by atoms with Gasteiger partial charge in [-0.3, -0.25) is 14.9 Å². The molecule has 0 aromatic heterocycles. The van der Waals surface area contributed by atoms with Crippen molar-refractivity contribution in [3.05, 3.63) is 52.1 Å². The number of hydrogen-bond donors (Lipinski definition) is 2. The summed E-state index contributed by atoms with van der Waals surface area (Å²) in [6.45, 7) is 2.73. The number of nitrogens with zero attached hydrogens (tertiary/aromatic N) is 2. The Balaban J connectivity index is 2.71. The Morgan fingerprint density at radius 3 is 2.95 bits per heavy atom. The lowest BCUT2D eigenvalue weighted by molar-refractivity contribution is -0.467. The van der Waals surface area contributed by atoms with Crippen molar-refractivity contribution in [3.63, 3.8) is 0 Å². The average molecular weight is 263 g/mol. The third kappa shape index (κ3) is 4.58. The largest absolute Gasteiger partial charge is 0.507 e. The first-order valence-corrected chi connectivity index (χ1v) is 5.40. The van der Waals surface area contributed by atoms with Crippen molar-refractivity contribution in [2.75, 3.05) is 6.54 Å². The number of carbonyl (C=O) groups is 1. The Kier molecular flexibility index (Phi) is 5.21. The fourth-order valence-electron chi connectivity index (χ4n) is 1.36. The number of para-hydroxylation sites is 1. The van der Waals surface area contributed by atoms with Crippen LogP contribution < -0.4 is 5.43 Å². The van der Waals surface area contributed by atoms with Gasteiger partial charge in [0.2, 0.25) is 0 Å². The number of aromatic hydroxyl groups is 1. The molecule has 0 saturated carbocycles. The monoisotopic (exact) mass is 263 g/mol. The fourth-order valence-corrected chi connectivity index (χ4v) is 1.36. The van der Waals surface area contributed by atoms with Gasteiger partial charge in [-0.05, 0) is 18.1 Å². The standard InChI is InChI=1S/C12H13N3O4/c1-2-4-9-5-3-6-10(12(9)17)7-13-14-11(16)8-15(18)19/h2-3,5-7,17H,1,4,8H2,(H,14,16). The van der Waals surface area contributed by atoms with Crippen LogP contribution in [0.4, 0.5) is 0 Å². The number of rotatable bonds is 6. The van der Waals surface area contributed by atoms with E-state index < -0.39 is 17.4 Å². The van der Waals surface area contributed by atoms with E-state index in [2.05, 4.69) is 11.7 Å². The van der Waals surface area contributed by atoms with Crippen molar-refractivity contribution >= 4 is 12.1 Å². The number of hydrazone groups is 1. The molecule has 0 unspecified atom stereocenters. The normalized spacial score (nSPS) is 10.3. The molecular weight excluding hydrogens is 250 g/mol. The summed E-state index contributed by atoms with van der Waals surface area (Å²) in [5.74, 6) is -0.794. The fraction of sp³-hybridized carbons (Fsp3) is 0.167. The molecular formula is C12H13N3O4.